The van der Waals surface area contributed by atoms with Gasteiger partial charge < -0.3 is 10.4 Å². The average Bonchev–Trinajstić information content (AvgIpc) is 2.41. The highest BCUT2D eigenvalue weighted by atomic mass is 35.5. The lowest BCUT2D eigenvalue weighted by molar-refractivity contribution is 0.0954. The van der Waals surface area contributed by atoms with Crippen LogP contribution in [0.15, 0.2) is 48.5 Å². The minimum atomic E-state index is -0.138. The van der Waals surface area contributed by atoms with Crippen molar-refractivity contribution in [2.24, 2.45) is 0 Å². The van der Waals surface area contributed by atoms with Gasteiger partial charge in [-0.25, -0.2) is 0 Å². The lowest BCUT2D eigenvalue weighted by Gasteiger charge is -2.06. The predicted octanol–water partition coefficient (Wildman–Crippen LogP) is 3.02. The van der Waals surface area contributed by atoms with E-state index >= 15 is 0 Å². The molecule has 19 heavy (non-hydrogen) atoms. The Labute approximate surface area is 116 Å². The van der Waals surface area contributed by atoms with Crippen molar-refractivity contribution in [2.45, 2.75) is 6.42 Å². The van der Waals surface area contributed by atoms with E-state index in [2.05, 4.69) is 5.32 Å². The first kappa shape index (κ1) is 13.4. The highest BCUT2D eigenvalue weighted by molar-refractivity contribution is 6.30. The number of hydrogen-bond donors (Lipinski definition) is 2. The molecular formula is C15H14ClNO2. The summed E-state index contributed by atoms with van der Waals surface area (Å²) in [6.07, 6.45) is 0.715. The number of hydrogen-bond acceptors (Lipinski definition) is 2. The van der Waals surface area contributed by atoms with E-state index in [-0.39, 0.29) is 11.7 Å². The molecule has 4 heteroatoms. The van der Waals surface area contributed by atoms with E-state index in [4.69, 9.17) is 16.7 Å². The van der Waals surface area contributed by atoms with Gasteiger partial charge in [0.05, 0.1) is 0 Å². The van der Waals surface area contributed by atoms with Crippen LogP contribution in [0.25, 0.3) is 0 Å². The normalized spacial score (nSPS) is 10.2. The number of amides is 1. The monoisotopic (exact) mass is 275 g/mol. The van der Waals surface area contributed by atoms with Crippen LogP contribution in [0.4, 0.5) is 0 Å². The summed E-state index contributed by atoms with van der Waals surface area (Å²) in [5, 5.41) is 12.5. The Morgan fingerprint density at radius 3 is 2.58 bits per heavy atom. The Bertz CT molecular complexity index is 567. The molecule has 0 saturated heterocycles. The first-order valence-corrected chi connectivity index (χ1v) is 6.34. The molecule has 0 aromatic heterocycles. The fourth-order valence-corrected chi connectivity index (χ4v) is 1.91. The van der Waals surface area contributed by atoms with E-state index in [1.165, 1.54) is 0 Å². The molecule has 0 spiro atoms. The van der Waals surface area contributed by atoms with Crippen LogP contribution >= 0.6 is 11.6 Å². The minimum Gasteiger partial charge on any atom is -0.508 e. The van der Waals surface area contributed by atoms with E-state index < -0.39 is 0 Å². The fourth-order valence-electron chi connectivity index (χ4n) is 1.71. The number of aromatic hydroxyl groups is 1. The van der Waals surface area contributed by atoms with Crippen LogP contribution in [0.1, 0.15) is 15.9 Å². The number of carbonyl (C=O) groups is 1. The highest BCUT2D eigenvalue weighted by Crippen LogP contribution is 2.11. The first-order chi connectivity index (χ1) is 9.15. The summed E-state index contributed by atoms with van der Waals surface area (Å²) in [4.78, 5) is 11.8. The van der Waals surface area contributed by atoms with Gasteiger partial charge in [0.2, 0.25) is 0 Å². The van der Waals surface area contributed by atoms with Crippen LogP contribution in [0.2, 0.25) is 5.02 Å². The summed E-state index contributed by atoms with van der Waals surface area (Å²) in [6, 6.07) is 13.8. The molecule has 2 rings (SSSR count). The van der Waals surface area contributed by atoms with Crippen molar-refractivity contribution in [2.75, 3.05) is 6.54 Å². The highest BCUT2D eigenvalue weighted by Gasteiger charge is 2.04. The Hall–Kier alpha value is -2.00. The molecule has 1 amide bonds. The molecular weight excluding hydrogens is 262 g/mol. The summed E-state index contributed by atoms with van der Waals surface area (Å²) < 4.78 is 0. The Morgan fingerprint density at radius 2 is 1.89 bits per heavy atom. The number of benzene rings is 2. The molecule has 0 aliphatic heterocycles. The van der Waals surface area contributed by atoms with Crippen molar-refractivity contribution < 1.29 is 9.90 Å². The van der Waals surface area contributed by atoms with Crippen molar-refractivity contribution >= 4 is 17.5 Å². The molecule has 0 aliphatic rings. The van der Waals surface area contributed by atoms with Gasteiger partial charge in [-0.2, -0.15) is 0 Å². The van der Waals surface area contributed by atoms with E-state index in [0.29, 0.717) is 23.6 Å². The molecule has 0 aliphatic carbocycles. The average molecular weight is 276 g/mol. The summed E-state index contributed by atoms with van der Waals surface area (Å²) in [7, 11) is 0. The topological polar surface area (TPSA) is 49.3 Å². The standard InChI is InChI=1S/C15H14ClNO2/c16-13-3-1-2-12(10-13)15(19)17-9-8-11-4-6-14(18)7-5-11/h1-7,10,18H,8-9H2,(H,17,19). The van der Waals surface area contributed by atoms with Gasteiger partial charge in [0, 0.05) is 17.1 Å². The third-order valence-corrected chi connectivity index (χ3v) is 2.96. The first-order valence-electron chi connectivity index (χ1n) is 5.97. The van der Waals surface area contributed by atoms with Crippen LogP contribution in [0, 0.1) is 0 Å². The summed E-state index contributed by atoms with van der Waals surface area (Å²) in [6.45, 7) is 0.538. The second-order valence-electron chi connectivity index (χ2n) is 4.18. The van der Waals surface area contributed by atoms with E-state index in [0.717, 1.165) is 5.56 Å². The number of halogens is 1. The van der Waals surface area contributed by atoms with Gasteiger partial charge in [0.1, 0.15) is 5.75 Å². The molecule has 0 heterocycles. The van der Waals surface area contributed by atoms with Crippen molar-refractivity contribution in [3.8, 4) is 5.75 Å². The SMILES string of the molecule is O=C(NCCc1ccc(O)cc1)c1cccc(Cl)c1. The van der Waals surface area contributed by atoms with Crippen molar-refractivity contribution in [3.63, 3.8) is 0 Å². The Balaban J connectivity index is 1.86. The second-order valence-corrected chi connectivity index (χ2v) is 4.62. The molecule has 0 saturated carbocycles. The maximum absolute atomic E-state index is 11.8. The van der Waals surface area contributed by atoms with Crippen LogP contribution in [0.3, 0.4) is 0 Å². The summed E-state index contributed by atoms with van der Waals surface area (Å²) in [5.74, 6) is 0.105. The lowest BCUT2D eigenvalue weighted by atomic mass is 10.1. The maximum atomic E-state index is 11.8. The second kappa shape index (κ2) is 6.25. The van der Waals surface area contributed by atoms with Crippen LogP contribution in [-0.2, 0) is 6.42 Å². The van der Waals surface area contributed by atoms with Gasteiger partial charge in [-0.1, -0.05) is 29.8 Å². The number of phenolic OH excluding ortho intramolecular Hbond substituents is 1. The van der Waals surface area contributed by atoms with Gasteiger partial charge in [0.15, 0.2) is 0 Å². The molecule has 0 bridgehead atoms. The number of rotatable bonds is 4. The summed E-state index contributed by atoms with van der Waals surface area (Å²) in [5.41, 5.74) is 1.61. The zero-order chi connectivity index (χ0) is 13.7. The van der Waals surface area contributed by atoms with Crippen LogP contribution in [-0.4, -0.2) is 17.6 Å². The van der Waals surface area contributed by atoms with Crippen LogP contribution < -0.4 is 5.32 Å². The van der Waals surface area contributed by atoms with Gasteiger partial charge in [-0.15, -0.1) is 0 Å². The number of phenols is 1. The fraction of sp³-hybridized carbons (Fsp3) is 0.133. The Morgan fingerprint density at radius 1 is 1.16 bits per heavy atom. The molecule has 2 aromatic carbocycles. The van der Waals surface area contributed by atoms with Crippen molar-refractivity contribution in [1.82, 2.24) is 5.32 Å². The molecule has 0 atom stereocenters. The van der Waals surface area contributed by atoms with Crippen molar-refractivity contribution in [1.29, 1.82) is 0 Å². The molecule has 3 nitrogen and oxygen atoms in total. The molecule has 2 aromatic rings. The lowest BCUT2D eigenvalue weighted by Crippen LogP contribution is -2.25. The quantitative estimate of drug-likeness (QED) is 0.901. The molecule has 98 valence electrons. The zero-order valence-corrected chi connectivity index (χ0v) is 11.0. The van der Waals surface area contributed by atoms with E-state index in [1.54, 1.807) is 36.4 Å². The largest absolute Gasteiger partial charge is 0.508 e. The number of carbonyl (C=O) groups excluding carboxylic acids is 1. The van der Waals surface area contributed by atoms with Gasteiger partial charge in [-0.05, 0) is 42.3 Å². The predicted molar refractivity (Wildman–Crippen MR) is 75.6 cm³/mol. The van der Waals surface area contributed by atoms with Gasteiger partial charge >= 0.3 is 0 Å². The zero-order valence-electron chi connectivity index (χ0n) is 10.3. The third kappa shape index (κ3) is 4.00. The molecule has 0 unspecified atom stereocenters. The van der Waals surface area contributed by atoms with Crippen molar-refractivity contribution in [3.05, 3.63) is 64.7 Å². The van der Waals surface area contributed by atoms with E-state index in [9.17, 15) is 4.79 Å². The van der Waals surface area contributed by atoms with Gasteiger partial charge in [0.25, 0.3) is 5.91 Å². The minimum absolute atomic E-state index is 0.138. The molecule has 0 fully saturated rings. The van der Waals surface area contributed by atoms with Crippen LogP contribution in [0.5, 0.6) is 5.75 Å². The summed E-state index contributed by atoms with van der Waals surface area (Å²) >= 11 is 5.83. The third-order valence-electron chi connectivity index (χ3n) is 2.72. The smallest absolute Gasteiger partial charge is 0.251 e. The Kier molecular flexibility index (Phi) is 4.42. The van der Waals surface area contributed by atoms with Gasteiger partial charge in [-0.3, -0.25) is 4.79 Å². The maximum Gasteiger partial charge on any atom is 0.251 e. The van der Waals surface area contributed by atoms with E-state index in [1.807, 2.05) is 12.1 Å². The number of nitrogens with one attached hydrogen (secondary N) is 1. The molecule has 0 radical (unpaired) electrons. The molecule has 2 N–H and O–H groups in total.